The number of hydrogen-bond donors (Lipinski definition) is 1. The molecule has 1 aromatic rings. The zero-order valence-corrected chi connectivity index (χ0v) is 12.1. The smallest absolute Gasteiger partial charge is 0.164 e. The summed E-state index contributed by atoms with van der Waals surface area (Å²) >= 11 is 0. The molecule has 0 aliphatic rings. The number of allylic oxidation sites excluding steroid dienone is 1. The van der Waals surface area contributed by atoms with Crippen molar-refractivity contribution in [3.63, 3.8) is 0 Å². The molecule has 0 bridgehead atoms. The van der Waals surface area contributed by atoms with E-state index in [4.69, 9.17) is 15.2 Å². The van der Waals surface area contributed by atoms with Crippen molar-refractivity contribution in [1.29, 1.82) is 0 Å². The van der Waals surface area contributed by atoms with Crippen LogP contribution in [0.3, 0.4) is 0 Å². The van der Waals surface area contributed by atoms with Crippen molar-refractivity contribution in [1.82, 2.24) is 0 Å². The van der Waals surface area contributed by atoms with Gasteiger partial charge < -0.3 is 15.2 Å². The first-order chi connectivity index (χ1) is 9.26. The molecule has 0 saturated carbocycles. The van der Waals surface area contributed by atoms with Crippen LogP contribution >= 0.6 is 0 Å². The summed E-state index contributed by atoms with van der Waals surface area (Å²) in [5, 5.41) is 0. The van der Waals surface area contributed by atoms with Crippen LogP contribution in [0, 0.1) is 0 Å². The van der Waals surface area contributed by atoms with Gasteiger partial charge in [0.25, 0.3) is 0 Å². The highest BCUT2D eigenvalue weighted by atomic mass is 16.5. The molecule has 1 aromatic carbocycles. The third-order valence-electron chi connectivity index (χ3n) is 3.01. The molecule has 0 aromatic heterocycles. The lowest BCUT2D eigenvalue weighted by Crippen LogP contribution is -2.05. The normalized spacial score (nSPS) is 10.3. The van der Waals surface area contributed by atoms with E-state index in [9.17, 15) is 0 Å². The topological polar surface area (TPSA) is 44.5 Å². The van der Waals surface area contributed by atoms with Crippen LogP contribution in [0.15, 0.2) is 24.8 Å². The fourth-order valence-electron chi connectivity index (χ4n) is 1.99. The van der Waals surface area contributed by atoms with Gasteiger partial charge in [0.05, 0.1) is 13.7 Å². The van der Waals surface area contributed by atoms with Gasteiger partial charge in [0.1, 0.15) is 0 Å². The van der Waals surface area contributed by atoms with E-state index < -0.39 is 0 Å². The zero-order valence-electron chi connectivity index (χ0n) is 12.1. The van der Waals surface area contributed by atoms with Gasteiger partial charge in [-0.3, -0.25) is 0 Å². The van der Waals surface area contributed by atoms with Crippen LogP contribution < -0.4 is 15.2 Å². The minimum atomic E-state index is 0.497. The third-order valence-corrected chi connectivity index (χ3v) is 3.01. The maximum absolute atomic E-state index is 5.90. The highest BCUT2D eigenvalue weighted by molar-refractivity contribution is 5.50. The average Bonchev–Trinajstić information content (AvgIpc) is 2.44. The Bertz CT molecular complexity index is 402. The van der Waals surface area contributed by atoms with Crippen molar-refractivity contribution < 1.29 is 9.47 Å². The second-order valence-corrected chi connectivity index (χ2v) is 4.54. The molecule has 1 rings (SSSR count). The fourth-order valence-corrected chi connectivity index (χ4v) is 1.99. The minimum Gasteiger partial charge on any atom is -0.493 e. The van der Waals surface area contributed by atoms with Gasteiger partial charge in [-0.1, -0.05) is 31.9 Å². The average molecular weight is 263 g/mol. The molecule has 3 heteroatoms. The van der Waals surface area contributed by atoms with Crippen LogP contribution in [0.4, 0.5) is 0 Å². The molecular formula is C16H25NO2. The standard InChI is InChI=1S/C16H25NO2/c1-4-6-7-9-19-16-14(8-5-2)10-13(12-17)11-15(16)18-3/h5,10-11H,2,4,6-9,12,17H2,1,3H3. The molecule has 0 unspecified atom stereocenters. The Hall–Kier alpha value is -1.48. The molecular weight excluding hydrogens is 238 g/mol. The van der Waals surface area contributed by atoms with Crippen LogP contribution in [0.1, 0.15) is 37.3 Å². The summed E-state index contributed by atoms with van der Waals surface area (Å²) in [6.07, 6.45) is 6.05. The van der Waals surface area contributed by atoms with Gasteiger partial charge in [0.2, 0.25) is 0 Å². The van der Waals surface area contributed by atoms with Crippen LogP contribution in [0.5, 0.6) is 11.5 Å². The van der Waals surface area contributed by atoms with Gasteiger partial charge in [-0.05, 0) is 24.5 Å². The lowest BCUT2D eigenvalue weighted by molar-refractivity contribution is 0.283. The molecule has 2 N–H and O–H groups in total. The Kier molecular flexibility index (Phi) is 7.04. The van der Waals surface area contributed by atoms with E-state index in [1.165, 1.54) is 12.8 Å². The summed E-state index contributed by atoms with van der Waals surface area (Å²) in [7, 11) is 1.66. The predicted octanol–water partition coefficient (Wildman–Crippen LogP) is 3.45. The van der Waals surface area contributed by atoms with Gasteiger partial charge in [-0.25, -0.2) is 0 Å². The Morgan fingerprint density at radius 3 is 2.68 bits per heavy atom. The molecule has 3 nitrogen and oxygen atoms in total. The molecule has 0 fully saturated rings. The van der Waals surface area contributed by atoms with Crippen LogP contribution in [-0.2, 0) is 13.0 Å². The first-order valence-corrected chi connectivity index (χ1v) is 6.90. The Labute approximate surface area is 116 Å². The van der Waals surface area contributed by atoms with Gasteiger partial charge in [-0.2, -0.15) is 0 Å². The maximum atomic E-state index is 5.90. The molecule has 0 aliphatic carbocycles. The lowest BCUT2D eigenvalue weighted by Gasteiger charge is -2.16. The summed E-state index contributed by atoms with van der Waals surface area (Å²) in [6.45, 7) is 7.19. The van der Waals surface area contributed by atoms with E-state index >= 15 is 0 Å². The van der Waals surface area contributed by atoms with E-state index in [0.29, 0.717) is 6.54 Å². The summed E-state index contributed by atoms with van der Waals surface area (Å²) in [4.78, 5) is 0. The lowest BCUT2D eigenvalue weighted by atomic mass is 10.1. The molecule has 0 aliphatic heterocycles. The SMILES string of the molecule is C=CCc1cc(CN)cc(OC)c1OCCCCC. The molecule has 0 heterocycles. The number of unbranched alkanes of at least 4 members (excludes halogenated alkanes) is 2. The van der Waals surface area contributed by atoms with Crippen LogP contribution in [0.2, 0.25) is 0 Å². The van der Waals surface area contributed by atoms with E-state index in [1.807, 2.05) is 12.1 Å². The Balaban J connectivity index is 2.93. The second-order valence-electron chi connectivity index (χ2n) is 4.54. The second kappa shape index (κ2) is 8.59. The zero-order chi connectivity index (χ0) is 14.1. The quantitative estimate of drug-likeness (QED) is 0.548. The van der Waals surface area contributed by atoms with Crippen LogP contribution in [-0.4, -0.2) is 13.7 Å². The van der Waals surface area contributed by atoms with E-state index in [0.717, 1.165) is 42.1 Å². The maximum Gasteiger partial charge on any atom is 0.164 e. The summed E-state index contributed by atoms with van der Waals surface area (Å²) < 4.78 is 11.3. The van der Waals surface area contributed by atoms with Crippen molar-refractivity contribution in [3.05, 3.63) is 35.9 Å². The molecule has 0 spiro atoms. The number of rotatable bonds is 9. The molecule has 0 saturated heterocycles. The monoisotopic (exact) mass is 263 g/mol. The van der Waals surface area contributed by atoms with Crippen LogP contribution in [0.25, 0.3) is 0 Å². The predicted molar refractivity (Wildman–Crippen MR) is 79.8 cm³/mol. The van der Waals surface area contributed by atoms with Crippen molar-refractivity contribution in [2.45, 2.75) is 39.2 Å². The largest absolute Gasteiger partial charge is 0.493 e. The molecule has 0 amide bonds. The number of hydrogen-bond acceptors (Lipinski definition) is 3. The summed E-state index contributed by atoms with van der Waals surface area (Å²) in [5.41, 5.74) is 7.85. The number of methoxy groups -OCH3 is 1. The number of ether oxygens (including phenoxy) is 2. The van der Waals surface area contributed by atoms with Gasteiger partial charge in [0, 0.05) is 12.1 Å². The van der Waals surface area contributed by atoms with Crippen molar-refractivity contribution in [2.24, 2.45) is 5.73 Å². The molecule has 19 heavy (non-hydrogen) atoms. The van der Waals surface area contributed by atoms with Crippen molar-refractivity contribution in [3.8, 4) is 11.5 Å². The first kappa shape index (κ1) is 15.6. The van der Waals surface area contributed by atoms with E-state index in [-0.39, 0.29) is 0 Å². The number of nitrogens with two attached hydrogens (primary N) is 1. The Morgan fingerprint density at radius 1 is 1.32 bits per heavy atom. The minimum absolute atomic E-state index is 0.497. The van der Waals surface area contributed by atoms with Crippen molar-refractivity contribution >= 4 is 0 Å². The Morgan fingerprint density at radius 2 is 2.11 bits per heavy atom. The summed E-state index contributed by atoms with van der Waals surface area (Å²) in [6, 6.07) is 4.01. The highest BCUT2D eigenvalue weighted by Crippen LogP contribution is 2.33. The molecule has 0 atom stereocenters. The van der Waals surface area contributed by atoms with Gasteiger partial charge in [-0.15, -0.1) is 6.58 Å². The number of benzene rings is 1. The third kappa shape index (κ3) is 4.60. The molecule has 106 valence electrons. The molecule has 0 radical (unpaired) electrons. The highest BCUT2D eigenvalue weighted by Gasteiger charge is 2.12. The summed E-state index contributed by atoms with van der Waals surface area (Å²) in [5.74, 6) is 1.59. The van der Waals surface area contributed by atoms with E-state index in [2.05, 4.69) is 19.6 Å². The fraction of sp³-hybridized carbons (Fsp3) is 0.500. The van der Waals surface area contributed by atoms with Crippen molar-refractivity contribution in [2.75, 3.05) is 13.7 Å². The van der Waals surface area contributed by atoms with E-state index in [1.54, 1.807) is 7.11 Å². The first-order valence-electron chi connectivity index (χ1n) is 6.90. The van der Waals surface area contributed by atoms with Gasteiger partial charge in [0.15, 0.2) is 11.5 Å². The van der Waals surface area contributed by atoms with Gasteiger partial charge >= 0.3 is 0 Å².